The Labute approximate surface area is 135 Å². The van der Waals surface area contributed by atoms with Gasteiger partial charge in [-0.3, -0.25) is 0 Å². The maximum absolute atomic E-state index is 12.8. The second-order valence-electron chi connectivity index (χ2n) is 5.65. The summed E-state index contributed by atoms with van der Waals surface area (Å²) in [7, 11) is 0. The Balaban J connectivity index is 3.12. The number of alkyl halides is 3. The molecule has 1 atom stereocenters. The highest BCUT2D eigenvalue weighted by Gasteiger charge is 2.35. The molecule has 0 aromatic heterocycles. The van der Waals surface area contributed by atoms with E-state index < -0.39 is 40.5 Å². The van der Waals surface area contributed by atoms with Crippen molar-refractivity contribution >= 4 is 23.7 Å². The predicted molar refractivity (Wildman–Crippen MR) is 76.2 cm³/mol. The molecule has 0 radical (unpaired) electrons. The summed E-state index contributed by atoms with van der Waals surface area (Å²) in [6.07, 6.45) is -5.81. The van der Waals surface area contributed by atoms with Crippen molar-refractivity contribution in [3.8, 4) is 0 Å². The molecule has 0 aliphatic heterocycles. The standard InChI is InChI=1S/C14H15ClF3NO4/c1-13(2,3)23-12(22)19-10(11(20)21)7-4-5-9(15)8(6-7)14(16,17)18/h4-6,10H,1-3H3,(H,19,22)(H,20,21). The number of carbonyl (C=O) groups is 2. The third-order valence-corrected chi connectivity index (χ3v) is 2.87. The molecule has 5 nitrogen and oxygen atoms in total. The third-order valence-electron chi connectivity index (χ3n) is 2.54. The van der Waals surface area contributed by atoms with Crippen LogP contribution in [0.25, 0.3) is 0 Å². The molecule has 0 saturated carbocycles. The first kappa shape index (κ1) is 19.1. The number of halogens is 4. The lowest BCUT2D eigenvalue weighted by molar-refractivity contribution is -0.140. The van der Waals surface area contributed by atoms with E-state index in [9.17, 15) is 22.8 Å². The van der Waals surface area contributed by atoms with Gasteiger partial charge in [-0.05, 0) is 38.5 Å². The van der Waals surface area contributed by atoms with Crippen LogP contribution in [0.1, 0.15) is 37.9 Å². The smallest absolute Gasteiger partial charge is 0.417 e. The molecule has 0 aliphatic rings. The minimum atomic E-state index is -4.75. The first-order valence-corrected chi connectivity index (χ1v) is 6.78. The Bertz CT molecular complexity index is 611. The van der Waals surface area contributed by atoms with Gasteiger partial charge in [-0.25, -0.2) is 9.59 Å². The third kappa shape index (κ3) is 5.63. The van der Waals surface area contributed by atoms with E-state index in [-0.39, 0.29) is 5.56 Å². The molecule has 1 aromatic rings. The molecule has 0 aliphatic carbocycles. The maximum atomic E-state index is 12.8. The van der Waals surface area contributed by atoms with Gasteiger partial charge < -0.3 is 15.2 Å². The minimum Gasteiger partial charge on any atom is -0.479 e. The molecular formula is C14H15ClF3NO4. The zero-order valence-corrected chi connectivity index (χ0v) is 13.2. The highest BCUT2D eigenvalue weighted by atomic mass is 35.5. The monoisotopic (exact) mass is 353 g/mol. The van der Waals surface area contributed by atoms with Gasteiger partial charge in [0.2, 0.25) is 0 Å². The van der Waals surface area contributed by atoms with Crippen molar-refractivity contribution in [2.45, 2.75) is 38.6 Å². The van der Waals surface area contributed by atoms with Gasteiger partial charge in [-0.1, -0.05) is 17.7 Å². The van der Waals surface area contributed by atoms with Crippen LogP contribution >= 0.6 is 11.6 Å². The number of amides is 1. The van der Waals surface area contributed by atoms with E-state index in [1.54, 1.807) is 20.8 Å². The van der Waals surface area contributed by atoms with Crippen LogP contribution in [-0.2, 0) is 15.7 Å². The molecule has 23 heavy (non-hydrogen) atoms. The van der Waals surface area contributed by atoms with Gasteiger partial charge in [0.1, 0.15) is 5.60 Å². The van der Waals surface area contributed by atoms with Crippen molar-refractivity contribution in [2.24, 2.45) is 0 Å². The van der Waals surface area contributed by atoms with Crippen LogP contribution in [0, 0.1) is 0 Å². The van der Waals surface area contributed by atoms with Gasteiger partial charge in [-0.15, -0.1) is 0 Å². The van der Waals surface area contributed by atoms with Crippen molar-refractivity contribution in [1.82, 2.24) is 5.32 Å². The summed E-state index contributed by atoms with van der Waals surface area (Å²) in [6.45, 7) is 4.69. The Morgan fingerprint density at radius 2 is 1.83 bits per heavy atom. The number of ether oxygens (including phenoxy) is 1. The Morgan fingerprint density at radius 3 is 2.26 bits per heavy atom. The number of aliphatic carboxylic acids is 1. The topological polar surface area (TPSA) is 75.6 Å². The molecule has 1 aromatic carbocycles. The largest absolute Gasteiger partial charge is 0.479 e. The average molecular weight is 354 g/mol. The van der Waals surface area contributed by atoms with Gasteiger partial charge in [0, 0.05) is 0 Å². The fourth-order valence-electron chi connectivity index (χ4n) is 1.65. The molecule has 9 heteroatoms. The Kier molecular flexibility index (Phi) is 5.52. The molecule has 0 fully saturated rings. The number of benzene rings is 1. The lowest BCUT2D eigenvalue weighted by Crippen LogP contribution is -2.38. The summed E-state index contributed by atoms with van der Waals surface area (Å²) < 4.78 is 43.4. The number of hydrogen-bond donors (Lipinski definition) is 2. The molecule has 1 amide bonds. The second kappa shape index (κ2) is 6.66. The zero-order chi connectivity index (χ0) is 18.0. The first-order valence-electron chi connectivity index (χ1n) is 6.40. The van der Waals surface area contributed by atoms with E-state index in [1.165, 1.54) is 0 Å². The number of nitrogens with one attached hydrogen (secondary N) is 1. The Hall–Kier alpha value is -1.96. The van der Waals surface area contributed by atoms with Crippen LogP contribution < -0.4 is 5.32 Å². The maximum Gasteiger partial charge on any atom is 0.417 e. The summed E-state index contributed by atoms with van der Waals surface area (Å²) >= 11 is 5.48. The Morgan fingerprint density at radius 1 is 1.26 bits per heavy atom. The van der Waals surface area contributed by atoms with Gasteiger partial charge in [-0.2, -0.15) is 13.2 Å². The average Bonchev–Trinajstić information content (AvgIpc) is 2.33. The van der Waals surface area contributed by atoms with E-state index in [0.29, 0.717) is 6.07 Å². The molecule has 1 rings (SSSR count). The molecule has 0 bridgehead atoms. The van der Waals surface area contributed by atoms with Crippen LogP contribution in [-0.4, -0.2) is 22.8 Å². The van der Waals surface area contributed by atoms with Gasteiger partial charge >= 0.3 is 18.2 Å². The number of rotatable bonds is 3. The van der Waals surface area contributed by atoms with Crippen LogP contribution in [0.5, 0.6) is 0 Å². The van der Waals surface area contributed by atoms with Gasteiger partial charge in [0.25, 0.3) is 0 Å². The summed E-state index contributed by atoms with van der Waals surface area (Å²) in [6, 6.07) is 0.891. The normalized spacial score (nSPS) is 13.3. The summed E-state index contributed by atoms with van der Waals surface area (Å²) in [5.74, 6) is -1.54. The van der Waals surface area contributed by atoms with E-state index >= 15 is 0 Å². The van der Waals surface area contributed by atoms with Crippen molar-refractivity contribution < 1.29 is 32.6 Å². The van der Waals surface area contributed by atoms with Crippen LogP contribution in [0.3, 0.4) is 0 Å². The fraction of sp³-hybridized carbons (Fsp3) is 0.429. The molecule has 0 heterocycles. The van der Waals surface area contributed by atoms with Crippen LogP contribution in [0.15, 0.2) is 18.2 Å². The zero-order valence-electron chi connectivity index (χ0n) is 12.5. The van der Waals surface area contributed by atoms with Crippen molar-refractivity contribution in [2.75, 3.05) is 0 Å². The van der Waals surface area contributed by atoms with Crippen molar-refractivity contribution in [1.29, 1.82) is 0 Å². The number of carbonyl (C=O) groups excluding carboxylic acids is 1. The summed E-state index contributed by atoms with van der Waals surface area (Å²) in [5, 5.41) is 10.6. The lowest BCUT2D eigenvalue weighted by atomic mass is 10.0. The van der Waals surface area contributed by atoms with Gasteiger partial charge in [0.05, 0.1) is 10.6 Å². The molecule has 128 valence electrons. The molecular weight excluding hydrogens is 339 g/mol. The van der Waals surface area contributed by atoms with E-state index in [4.69, 9.17) is 21.4 Å². The predicted octanol–water partition coefficient (Wildman–Crippen LogP) is 4.01. The van der Waals surface area contributed by atoms with Crippen molar-refractivity contribution in [3.63, 3.8) is 0 Å². The highest BCUT2D eigenvalue weighted by Crippen LogP contribution is 2.36. The quantitative estimate of drug-likeness (QED) is 0.861. The number of carboxylic acid groups (broad SMARTS) is 1. The molecule has 0 spiro atoms. The summed E-state index contributed by atoms with van der Waals surface area (Å²) in [5.41, 5.74) is -2.35. The minimum absolute atomic E-state index is 0.278. The van der Waals surface area contributed by atoms with Crippen LogP contribution in [0.4, 0.5) is 18.0 Å². The van der Waals surface area contributed by atoms with E-state index in [0.717, 1.165) is 12.1 Å². The van der Waals surface area contributed by atoms with E-state index in [2.05, 4.69) is 0 Å². The summed E-state index contributed by atoms with van der Waals surface area (Å²) in [4.78, 5) is 22.9. The number of hydrogen-bond acceptors (Lipinski definition) is 3. The second-order valence-corrected chi connectivity index (χ2v) is 6.06. The number of carboxylic acids is 1. The first-order chi connectivity index (χ1) is 10.3. The SMILES string of the molecule is CC(C)(C)OC(=O)NC(C(=O)O)c1ccc(Cl)c(C(F)(F)F)c1. The number of alkyl carbamates (subject to hydrolysis) is 1. The van der Waals surface area contributed by atoms with Crippen molar-refractivity contribution in [3.05, 3.63) is 34.3 Å². The molecule has 0 saturated heterocycles. The van der Waals surface area contributed by atoms with Gasteiger partial charge in [0.15, 0.2) is 6.04 Å². The van der Waals surface area contributed by atoms with E-state index in [1.807, 2.05) is 5.32 Å². The lowest BCUT2D eigenvalue weighted by Gasteiger charge is -2.22. The highest BCUT2D eigenvalue weighted by molar-refractivity contribution is 6.31. The van der Waals surface area contributed by atoms with Crippen LogP contribution in [0.2, 0.25) is 5.02 Å². The fourth-order valence-corrected chi connectivity index (χ4v) is 1.88. The molecule has 1 unspecified atom stereocenters. The molecule has 2 N–H and O–H groups in total.